The first-order valence-corrected chi connectivity index (χ1v) is 8.66. The molecule has 1 aromatic heterocycles. The third kappa shape index (κ3) is 4.81. The number of hydrogen-bond donors (Lipinski definition) is 0. The van der Waals surface area contributed by atoms with Gasteiger partial charge < -0.3 is 4.74 Å². The number of halogens is 4. The smallest absolute Gasteiger partial charge is 0.416 e. The molecular weight excluding hydrogens is 393 g/mol. The molecule has 3 rings (SSSR count). The van der Waals surface area contributed by atoms with E-state index in [4.69, 9.17) is 21.6 Å². The Hall–Kier alpha value is -3.05. The molecule has 0 N–H and O–H groups in total. The van der Waals surface area contributed by atoms with Gasteiger partial charge in [-0.05, 0) is 30.3 Å². The topological polar surface area (TPSA) is 63.7 Å². The maximum atomic E-state index is 13.0. The van der Waals surface area contributed by atoms with E-state index in [1.165, 1.54) is 29.1 Å². The Labute approximate surface area is 164 Å². The summed E-state index contributed by atoms with van der Waals surface area (Å²) in [6.07, 6.45) is -3.13. The first kappa shape index (κ1) is 21.3. The fourth-order valence-electron chi connectivity index (χ4n) is 2.35. The molecule has 3 aromatic rings. The molecule has 0 spiro atoms. The van der Waals surface area contributed by atoms with Crippen LogP contribution >= 0.6 is 11.6 Å². The number of rotatable bonds is 4. The summed E-state index contributed by atoms with van der Waals surface area (Å²) >= 11 is 6.02. The summed E-state index contributed by atoms with van der Waals surface area (Å²) in [4.78, 5) is 0. The van der Waals surface area contributed by atoms with Crippen LogP contribution in [0.1, 0.15) is 19.4 Å². The predicted octanol–water partition coefficient (Wildman–Crippen LogP) is 5.54. The minimum Gasteiger partial charge on any atom is -0.476 e. The second-order valence-corrected chi connectivity index (χ2v) is 5.60. The molecule has 146 valence electrons. The molecule has 0 aliphatic rings. The molecule has 0 saturated carbocycles. The summed E-state index contributed by atoms with van der Waals surface area (Å²) < 4.78 is 45.6. The van der Waals surface area contributed by atoms with Crippen LogP contribution in [0.5, 0.6) is 5.75 Å². The van der Waals surface area contributed by atoms with Crippen LogP contribution in [-0.2, 0) is 6.18 Å². The van der Waals surface area contributed by atoms with Crippen LogP contribution in [0.3, 0.4) is 0 Å². The number of aromatic nitrogens is 3. The number of nitriles is 1. The van der Waals surface area contributed by atoms with Gasteiger partial charge in [-0.2, -0.15) is 18.4 Å². The highest BCUT2D eigenvalue weighted by Crippen LogP contribution is 2.34. The zero-order valence-corrected chi connectivity index (χ0v) is 15.8. The zero-order valence-electron chi connectivity index (χ0n) is 15.0. The molecule has 0 amide bonds. The quantitative estimate of drug-likeness (QED) is 0.569. The van der Waals surface area contributed by atoms with Crippen molar-refractivity contribution in [3.63, 3.8) is 0 Å². The van der Waals surface area contributed by atoms with E-state index in [0.717, 1.165) is 12.1 Å². The van der Waals surface area contributed by atoms with Crippen LogP contribution in [0.15, 0.2) is 48.7 Å². The SMILES string of the molecule is CC.N#CCOc1ccc(Cl)cc1-n1nncc1-c1cccc(C(F)(F)F)c1. The highest BCUT2D eigenvalue weighted by atomic mass is 35.5. The lowest BCUT2D eigenvalue weighted by Crippen LogP contribution is -2.06. The van der Waals surface area contributed by atoms with Crippen LogP contribution in [0.2, 0.25) is 5.02 Å². The van der Waals surface area contributed by atoms with E-state index in [1.807, 2.05) is 19.9 Å². The maximum Gasteiger partial charge on any atom is 0.416 e. The summed E-state index contributed by atoms with van der Waals surface area (Å²) in [5.74, 6) is 0.301. The van der Waals surface area contributed by atoms with Crippen LogP contribution in [0.25, 0.3) is 16.9 Å². The van der Waals surface area contributed by atoms with Gasteiger partial charge in [-0.3, -0.25) is 0 Å². The molecule has 0 radical (unpaired) electrons. The molecule has 0 unspecified atom stereocenters. The lowest BCUT2D eigenvalue weighted by atomic mass is 10.1. The summed E-state index contributed by atoms with van der Waals surface area (Å²) in [6.45, 7) is 3.79. The van der Waals surface area contributed by atoms with Gasteiger partial charge in [0.05, 0.1) is 17.5 Å². The Kier molecular flexibility index (Phi) is 7.01. The standard InChI is InChI=1S/C17H10ClF3N4O.C2H6/c18-13-4-5-16(26-7-6-22)14(9-13)25-15(10-23-24-25)11-2-1-3-12(8-11)17(19,20)21;1-2/h1-5,8-10H,7H2;1-2H3. The number of benzene rings is 2. The van der Waals surface area contributed by atoms with Crippen LogP contribution < -0.4 is 4.74 Å². The van der Waals surface area contributed by atoms with Gasteiger partial charge in [0.2, 0.25) is 0 Å². The number of hydrogen-bond acceptors (Lipinski definition) is 4. The van der Waals surface area contributed by atoms with Crippen LogP contribution in [-0.4, -0.2) is 21.6 Å². The Morgan fingerprint density at radius 1 is 1.18 bits per heavy atom. The fraction of sp³-hybridized carbons (Fsp3) is 0.211. The normalized spacial score (nSPS) is 10.6. The van der Waals surface area contributed by atoms with Crippen molar-refractivity contribution in [1.82, 2.24) is 15.0 Å². The van der Waals surface area contributed by atoms with E-state index in [-0.39, 0.29) is 12.2 Å². The highest BCUT2D eigenvalue weighted by Gasteiger charge is 2.30. The largest absolute Gasteiger partial charge is 0.476 e. The minimum atomic E-state index is -4.47. The van der Waals surface area contributed by atoms with Gasteiger partial charge in [0.1, 0.15) is 17.5 Å². The van der Waals surface area contributed by atoms with E-state index in [2.05, 4.69) is 10.3 Å². The van der Waals surface area contributed by atoms with Gasteiger partial charge in [-0.1, -0.05) is 42.8 Å². The molecule has 5 nitrogen and oxygen atoms in total. The van der Waals surface area contributed by atoms with Gasteiger partial charge in [-0.15, -0.1) is 5.10 Å². The van der Waals surface area contributed by atoms with Gasteiger partial charge in [0, 0.05) is 10.6 Å². The Balaban J connectivity index is 0.00000136. The fourth-order valence-corrected chi connectivity index (χ4v) is 2.52. The Morgan fingerprint density at radius 3 is 2.61 bits per heavy atom. The maximum absolute atomic E-state index is 13.0. The Morgan fingerprint density at radius 2 is 1.93 bits per heavy atom. The Bertz CT molecular complexity index is 980. The van der Waals surface area contributed by atoms with Crippen molar-refractivity contribution in [1.29, 1.82) is 5.26 Å². The van der Waals surface area contributed by atoms with Crippen molar-refractivity contribution in [2.24, 2.45) is 0 Å². The van der Waals surface area contributed by atoms with Crippen LogP contribution in [0.4, 0.5) is 13.2 Å². The van der Waals surface area contributed by atoms with Crippen molar-refractivity contribution in [3.8, 4) is 28.8 Å². The molecule has 0 saturated heterocycles. The minimum absolute atomic E-state index is 0.206. The van der Waals surface area contributed by atoms with Crippen LogP contribution in [0, 0.1) is 11.3 Å². The third-order valence-electron chi connectivity index (χ3n) is 3.48. The van der Waals surface area contributed by atoms with Crippen molar-refractivity contribution in [2.75, 3.05) is 6.61 Å². The van der Waals surface area contributed by atoms with Crippen molar-refractivity contribution >= 4 is 11.6 Å². The summed E-state index contributed by atoms with van der Waals surface area (Å²) in [5, 5.41) is 16.8. The second kappa shape index (κ2) is 9.24. The average molecular weight is 409 g/mol. The monoisotopic (exact) mass is 408 g/mol. The molecule has 2 aromatic carbocycles. The van der Waals surface area contributed by atoms with Crippen molar-refractivity contribution < 1.29 is 17.9 Å². The summed E-state index contributed by atoms with van der Waals surface area (Å²) in [5.41, 5.74) is 0.170. The van der Waals surface area contributed by atoms with Crippen molar-refractivity contribution in [3.05, 3.63) is 59.2 Å². The molecule has 28 heavy (non-hydrogen) atoms. The highest BCUT2D eigenvalue weighted by molar-refractivity contribution is 6.30. The van der Waals surface area contributed by atoms with E-state index in [1.54, 1.807) is 12.1 Å². The second-order valence-electron chi connectivity index (χ2n) is 5.17. The van der Waals surface area contributed by atoms with E-state index >= 15 is 0 Å². The van der Waals surface area contributed by atoms with Gasteiger partial charge in [-0.25, -0.2) is 4.68 Å². The molecule has 0 fully saturated rings. The van der Waals surface area contributed by atoms with E-state index < -0.39 is 11.7 Å². The first-order chi connectivity index (χ1) is 13.4. The first-order valence-electron chi connectivity index (χ1n) is 8.28. The predicted molar refractivity (Wildman–Crippen MR) is 99.3 cm³/mol. The van der Waals surface area contributed by atoms with Gasteiger partial charge >= 0.3 is 6.18 Å². The average Bonchev–Trinajstić information content (AvgIpc) is 3.18. The summed E-state index contributed by atoms with van der Waals surface area (Å²) in [7, 11) is 0. The lowest BCUT2D eigenvalue weighted by molar-refractivity contribution is -0.137. The molecular formula is C19H16ClF3N4O. The van der Waals surface area contributed by atoms with Crippen molar-refractivity contribution in [2.45, 2.75) is 20.0 Å². The molecule has 1 heterocycles. The van der Waals surface area contributed by atoms with E-state index in [0.29, 0.717) is 22.2 Å². The molecule has 0 atom stereocenters. The number of ether oxygens (including phenoxy) is 1. The van der Waals surface area contributed by atoms with Gasteiger partial charge in [0.25, 0.3) is 0 Å². The zero-order chi connectivity index (χ0) is 20.7. The summed E-state index contributed by atoms with van der Waals surface area (Å²) in [6, 6.07) is 11.3. The number of nitrogens with zero attached hydrogens (tertiary/aromatic N) is 4. The molecule has 0 aliphatic carbocycles. The van der Waals surface area contributed by atoms with E-state index in [9.17, 15) is 13.2 Å². The molecule has 0 bridgehead atoms. The van der Waals surface area contributed by atoms with Gasteiger partial charge in [0.15, 0.2) is 6.61 Å². The third-order valence-corrected chi connectivity index (χ3v) is 3.71. The molecule has 9 heteroatoms. The lowest BCUT2D eigenvalue weighted by Gasteiger charge is -2.13. The number of alkyl halides is 3. The molecule has 0 aliphatic heterocycles.